The molecule has 6 nitrogen and oxygen atoms in total. The fourth-order valence-electron chi connectivity index (χ4n) is 4.07. The molecule has 2 heterocycles. The summed E-state index contributed by atoms with van der Waals surface area (Å²) in [7, 11) is 0. The minimum absolute atomic E-state index is 0.0674. The number of carbonyl (C=O) groups is 3. The molecule has 1 spiro atoms. The van der Waals surface area contributed by atoms with Crippen molar-refractivity contribution in [1.29, 1.82) is 0 Å². The van der Waals surface area contributed by atoms with Crippen molar-refractivity contribution in [2.45, 2.75) is 25.4 Å². The Kier molecular flexibility index (Phi) is 4.86. The van der Waals surface area contributed by atoms with E-state index in [0.717, 1.165) is 5.56 Å². The minimum atomic E-state index is -0.667. The van der Waals surface area contributed by atoms with E-state index >= 15 is 0 Å². The molecular weight excluding hydrogens is 354 g/mol. The van der Waals surface area contributed by atoms with Crippen molar-refractivity contribution in [2.75, 3.05) is 13.1 Å². The fraction of sp³-hybridized carbons (Fsp3) is 0.318. The highest BCUT2D eigenvalue weighted by atomic mass is 16.2. The molecule has 2 aromatic rings. The molecule has 2 saturated heterocycles. The molecule has 28 heavy (non-hydrogen) atoms. The zero-order chi connectivity index (χ0) is 19.6. The first-order valence-electron chi connectivity index (χ1n) is 9.54. The van der Waals surface area contributed by atoms with Crippen LogP contribution < -0.4 is 10.6 Å². The van der Waals surface area contributed by atoms with Crippen LogP contribution in [0, 0.1) is 5.41 Å². The van der Waals surface area contributed by atoms with E-state index in [2.05, 4.69) is 10.6 Å². The Morgan fingerprint density at radius 2 is 1.75 bits per heavy atom. The van der Waals surface area contributed by atoms with E-state index in [1.54, 1.807) is 17.0 Å². The van der Waals surface area contributed by atoms with Crippen molar-refractivity contribution in [2.24, 2.45) is 5.41 Å². The predicted octanol–water partition coefficient (Wildman–Crippen LogP) is 1.72. The van der Waals surface area contributed by atoms with Gasteiger partial charge in [0.1, 0.15) is 6.04 Å². The van der Waals surface area contributed by atoms with Crippen LogP contribution in [0.4, 0.5) is 0 Å². The van der Waals surface area contributed by atoms with E-state index in [-0.39, 0.29) is 17.7 Å². The highest BCUT2D eigenvalue weighted by molar-refractivity contribution is 5.97. The number of likely N-dealkylation sites (tertiary alicyclic amines) is 1. The number of amides is 3. The molecule has 3 amide bonds. The van der Waals surface area contributed by atoms with E-state index in [1.165, 1.54) is 0 Å². The van der Waals surface area contributed by atoms with Gasteiger partial charge in [-0.25, -0.2) is 0 Å². The van der Waals surface area contributed by atoms with E-state index in [1.807, 2.05) is 48.5 Å². The van der Waals surface area contributed by atoms with Gasteiger partial charge in [-0.15, -0.1) is 0 Å². The van der Waals surface area contributed by atoms with Crippen molar-refractivity contribution in [3.05, 3.63) is 71.8 Å². The van der Waals surface area contributed by atoms with Gasteiger partial charge in [0, 0.05) is 25.2 Å². The fourth-order valence-corrected chi connectivity index (χ4v) is 4.07. The topological polar surface area (TPSA) is 78.5 Å². The SMILES string of the molecule is O=C(NCc1ccccc1)[C@@H]1C[C@@]2(CCN(C(=O)c3ccccc3)C2)C(=O)N1. The molecule has 0 saturated carbocycles. The number of rotatable bonds is 4. The molecule has 0 aliphatic carbocycles. The summed E-state index contributed by atoms with van der Waals surface area (Å²) in [4.78, 5) is 39.6. The normalized spacial score (nSPS) is 23.6. The van der Waals surface area contributed by atoms with Gasteiger partial charge in [-0.1, -0.05) is 48.5 Å². The molecule has 0 aromatic heterocycles. The van der Waals surface area contributed by atoms with Gasteiger partial charge in [0.05, 0.1) is 5.41 Å². The molecular formula is C22H23N3O3. The largest absolute Gasteiger partial charge is 0.350 e. The first-order chi connectivity index (χ1) is 13.6. The summed E-state index contributed by atoms with van der Waals surface area (Å²) < 4.78 is 0. The van der Waals surface area contributed by atoms with E-state index in [4.69, 9.17) is 0 Å². The van der Waals surface area contributed by atoms with Crippen LogP contribution in [0.1, 0.15) is 28.8 Å². The summed E-state index contributed by atoms with van der Waals surface area (Å²) in [6, 6.07) is 18.2. The van der Waals surface area contributed by atoms with Gasteiger partial charge in [-0.2, -0.15) is 0 Å². The first kappa shape index (κ1) is 18.2. The van der Waals surface area contributed by atoms with Crippen molar-refractivity contribution < 1.29 is 14.4 Å². The second-order valence-electron chi connectivity index (χ2n) is 7.56. The molecule has 2 aliphatic heterocycles. The van der Waals surface area contributed by atoms with Gasteiger partial charge in [0.15, 0.2) is 0 Å². The number of carbonyl (C=O) groups excluding carboxylic acids is 3. The molecule has 4 rings (SSSR count). The van der Waals surface area contributed by atoms with Gasteiger partial charge in [-0.05, 0) is 30.5 Å². The number of benzene rings is 2. The molecule has 2 fully saturated rings. The standard InChI is InChI=1S/C22H23N3O3/c26-19(23-14-16-7-3-1-4-8-16)18-13-22(21(28)24-18)11-12-25(15-22)20(27)17-9-5-2-6-10-17/h1-10,18H,11-15H2,(H,23,26)(H,24,28)/t18-,22+/m0/s1. The van der Waals surface area contributed by atoms with Gasteiger partial charge in [0.2, 0.25) is 11.8 Å². The van der Waals surface area contributed by atoms with Crippen LogP contribution in [-0.2, 0) is 16.1 Å². The summed E-state index contributed by atoms with van der Waals surface area (Å²) in [5.41, 5.74) is 0.963. The van der Waals surface area contributed by atoms with Crippen LogP contribution >= 0.6 is 0 Å². The summed E-state index contributed by atoms with van der Waals surface area (Å²) in [5.74, 6) is -0.375. The molecule has 2 atom stereocenters. The zero-order valence-electron chi connectivity index (χ0n) is 15.6. The molecule has 2 aromatic carbocycles. The third-order valence-electron chi connectivity index (χ3n) is 5.67. The monoisotopic (exact) mass is 377 g/mol. The summed E-state index contributed by atoms with van der Waals surface area (Å²) in [6.07, 6.45) is 1.00. The summed E-state index contributed by atoms with van der Waals surface area (Å²) in [5, 5.41) is 5.73. The van der Waals surface area contributed by atoms with Gasteiger partial charge in [0.25, 0.3) is 5.91 Å². The minimum Gasteiger partial charge on any atom is -0.350 e. The average Bonchev–Trinajstić information content (AvgIpc) is 3.31. The third kappa shape index (κ3) is 3.50. The first-order valence-corrected chi connectivity index (χ1v) is 9.54. The maximum atomic E-state index is 12.7. The average molecular weight is 377 g/mol. The Bertz CT molecular complexity index is 884. The van der Waals surface area contributed by atoms with Gasteiger partial charge >= 0.3 is 0 Å². The lowest BCUT2D eigenvalue weighted by atomic mass is 9.84. The molecule has 0 radical (unpaired) electrons. The lowest BCUT2D eigenvalue weighted by Crippen LogP contribution is -2.41. The predicted molar refractivity (Wildman–Crippen MR) is 104 cm³/mol. The molecule has 6 heteroatoms. The highest BCUT2D eigenvalue weighted by Crippen LogP contribution is 2.40. The third-order valence-corrected chi connectivity index (χ3v) is 5.67. The molecule has 2 aliphatic rings. The van der Waals surface area contributed by atoms with Crippen LogP contribution in [-0.4, -0.2) is 41.8 Å². The number of nitrogens with one attached hydrogen (secondary N) is 2. The van der Waals surface area contributed by atoms with Crippen molar-refractivity contribution in [1.82, 2.24) is 15.5 Å². The van der Waals surface area contributed by atoms with E-state index < -0.39 is 11.5 Å². The lowest BCUT2D eigenvalue weighted by molar-refractivity contribution is -0.128. The Labute approximate surface area is 163 Å². The quantitative estimate of drug-likeness (QED) is 0.852. The molecule has 0 unspecified atom stereocenters. The maximum absolute atomic E-state index is 12.7. The Hall–Kier alpha value is -3.15. The van der Waals surface area contributed by atoms with Crippen LogP contribution in [0.15, 0.2) is 60.7 Å². The Morgan fingerprint density at radius 1 is 1.07 bits per heavy atom. The number of nitrogens with zero attached hydrogens (tertiary/aromatic N) is 1. The second-order valence-corrected chi connectivity index (χ2v) is 7.56. The summed E-state index contributed by atoms with van der Waals surface area (Å²) in [6.45, 7) is 1.31. The smallest absolute Gasteiger partial charge is 0.253 e. The molecule has 0 bridgehead atoms. The number of hydrogen-bond donors (Lipinski definition) is 2. The van der Waals surface area contributed by atoms with Gasteiger partial charge in [-0.3, -0.25) is 14.4 Å². The van der Waals surface area contributed by atoms with Crippen molar-refractivity contribution in [3.63, 3.8) is 0 Å². The Morgan fingerprint density at radius 3 is 2.46 bits per heavy atom. The zero-order valence-corrected chi connectivity index (χ0v) is 15.6. The molecule has 144 valence electrons. The van der Waals surface area contributed by atoms with Crippen LogP contribution in [0.2, 0.25) is 0 Å². The van der Waals surface area contributed by atoms with Gasteiger partial charge < -0.3 is 15.5 Å². The highest BCUT2D eigenvalue weighted by Gasteiger charge is 2.53. The second kappa shape index (κ2) is 7.46. The summed E-state index contributed by atoms with van der Waals surface area (Å²) >= 11 is 0. The number of hydrogen-bond acceptors (Lipinski definition) is 3. The Balaban J connectivity index is 1.38. The van der Waals surface area contributed by atoms with Crippen LogP contribution in [0.25, 0.3) is 0 Å². The van der Waals surface area contributed by atoms with Crippen LogP contribution in [0.3, 0.4) is 0 Å². The van der Waals surface area contributed by atoms with Crippen LogP contribution in [0.5, 0.6) is 0 Å². The maximum Gasteiger partial charge on any atom is 0.253 e. The van der Waals surface area contributed by atoms with Crippen molar-refractivity contribution >= 4 is 17.7 Å². The van der Waals surface area contributed by atoms with E-state index in [9.17, 15) is 14.4 Å². The van der Waals surface area contributed by atoms with Crippen molar-refractivity contribution in [3.8, 4) is 0 Å². The molecule has 2 N–H and O–H groups in total. The van der Waals surface area contributed by atoms with E-state index in [0.29, 0.717) is 38.0 Å². The lowest BCUT2D eigenvalue weighted by Gasteiger charge is -2.21.